The van der Waals surface area contributed by atoms with Gasteiger partial charge in [0.25, 0.3) is 5.91 Å². The van der Waals surface area contributed by atoms with Gasteiger partial charge < -0.3 is 10.6 Å². The van der Waals surface area contributed by atoms with Crippen molar-refractivity contribution in [3.63, 3.8) is 0 Å². The molecule has 150 valence electrons. The Labute approximate surface area is 179 Å². The van der Waals surface area contributed by atoms with Crippen LogP contribution in [0, 0.1) is 5.82 Å². The average molecular weight is 451 g/mol. The number of nitrogens with zero attached hydrogens (tertiary/aromatic N) is 2. The lowest BCUT2D eigenvalue weighted by atomic mass is 10.2. The number of halogens is 2. The number of carbonyl (C=O) groups excluding carboxylic acids is 2. The number of anilines is 1. The predicted molar refractivity (Wildman–Crippen MR) is 113 cm³/mol. The van der Waals surface area contributed by atoms with Gasteiger partial charge in [-0.25, -0.2) is 4.39 Å². The monoisotopic (exact) mass is 450 g/mol. The van der Waals surface area contributed by atoms with Gasteiger partial charge in [-0.2, -0.15) is 0 Å². The second kappa shape index (κ2) is 10.3. The van der Waals surface area contributed by atoms with Gasteiger partial charge in [-0.15, -0.1) is 10.2 Å². The molecule has 6 nitrogen and oxygen atoms in total. The minimum absolute atomic E-state index is 0.0911. The van der Waals surface area contributed by atoms with Gasteiger partial charge in [0.05, 0.1) is 10.6 Å². The van der Waals surface area contributed by atoms with E-state index >= 15 is 0 Å². The number of rotatable bonds is 8. The summed E-state index contributed by atoms with van der Waals surface area (Å²) in [4.78, 5) is 24.1. The molecule has 0 aliphatic rings. The molecule has 0 unspecified atom stereocenters. The Balaban J connectivity index is 1.41. The molecule has 0 bridgehead atoms. The van der Waals surface area contributed by atoms with Gasteiger partial charge in [0.15, 0.2) is 4.34 Å². The van der Waals surface area contributed by atoms with Crippen molar-refractivity contribution in [3.8, 4) is 0 Å². The van der Waals surface area contributed by atoms with Crippen molar-refractivity contribution >= 4 is 51.6 Å². The molecule has 0 fully saturated rings. The summed E-state index contributed by atoms with van der Waals surface area (Å²) in [6, 6.07) is 12.9. The van der Waals surface area contributed by atoms with Crippen molar-refractivity contribution in [1.82, 2.24) is 15.5 Å². The molecule has 0 radical (unpaired) electrons. The fraction of sp³-hybridized carbons (Fsp3) is 0.158. The molecule has 1 aromatic heterocycles. The zero-order valence-electron chi connectivity index (χ0n) is 15.0. The van der Waals surface area contributed by atoms with Crippen LogP contribution in [-0.2, 0) is 10.5 Å². The maximum absolute atomic E-state index is 12.9. The first-order valence-electron chi connectivity index (χ1n) is 8.54. The Morgan fingerprint density at radius 1 is 1.10 bits per heavy atom. The number of benzene rings is 2. The highest BCUT2D eigenvalue weighted by Crippen LogP contribution is 2.28. The maximum atomic E-state index is 12.9. The highest BCUT2D eigenvalue weighted by Gasteiger charge is 2.12. The summed E-state index contributed by atoms with van der Waals surface area (Å²) >= 11 is 8.67. The first-order valence-corrected chi connectivity index (χ1v) is 10.7. The van der Waals surface area contributed by atoms with Crippen molar-refractivity contribution < 1.29 is 14.0 Å². The molecule has 3 aromatic rings. The summed E-state index contributed by atoms with van der Waals surface area (Å²) in [7, 11) is 0. The molecule has 0 saturated heterocycles. The van der Waals surface area contributed by atoms with E-state index in [2.05, 4.69) is 20.8 Å². The Morgan fingerprint density at radius 3 is 2.62 bits per heavy atom. The zero-order valence-corrected chi connectivity index (χ0v) is 17.4. The molecule has 0 aliphatic carbocycles. The van der Waals surface area contributed by atoms with E-state index in [0.717, 1.165) is 5.56 Å². The topological polar surface area (TPSA) is 84.0 Å². The van der Waals surface area contributed by atoms with Crippen molar-refractivity contribution in [2.75, 3.05) is 11.9 Å². The number of carbonyl (C=O) groups is 2. The fourth-order valence-electron chi connectivity index (χ4n) is 2.26. The summed E-state index contributed by atoms with van der Waals surface area (Å²) in [5.41, 5.74) is 1.33. The molecule has 0 atom stereocenters. The lowest BCUT2D eigenvalue weighted by molar-refractivity contribution is -0.116. The van der Waals surface area contributed by atoms with Crippen molar-refractivity contribution in [2.24, 2.45) is 0 Å². The maximum Gasteiger partial charge on any atom is 0.252 e. The molecule has 3 rings (SSSR count). The minimum Gasteiger partial charge on any atom is -0.351 e. The second-order valence-electron chi connectivity index (χ2n) is 5.82. The molecule has 2 aromatic carbocycles. The van der Waals surface area contributed by atoms with Crippen LogP contribution in [0.1, 0.15) is 22.3 Å². The van der Waals surface area contributed by atoms with E-state index in [1.54, 1.807) is 36.4 Å². The van der Waals surface area contributed by atoms with Gasteiger partial charge >= 0.3 is 0 Å². The Kier molecular flexibility index (Phi) is 7.56. The van der Waals surface area contributed by atoms with Crippen LogP contribution in [0.3, 0.4) is 0 Å². The van der Waals surface area contributed by atoms with E-state index in [1.807, 2.05) is 0 Å². The van der Waals surface area contributed by atoms with E-state index in [9.17, 15) is 14.0 Å². The third-order valence-corrected chi connectivity index (χ3v) is 6.06. The van der Waals surface area contributed by atoms with Crippen molar-refractivity contribution in [2.45, 2.75) is 16.5 Å². The number of nitrogens with one attached hydrogen (secondary N) is 2. The highest BCUT2D eigenvalue weighted by molar-refractivity contribution is 8.00. The van der Waals surface area contributed by atoms with Crippen LogP contribution in [-0.4, -0.2) is 28.6 Å². The van der Waals surface area contributed by atoms with E-state index in [-0.39, 0.29) is 30.6 Å². The van der Waals surface area contributed by atoms with Crippen LogP contribution in [0.2, 0.25) is 5.02 Å². The third kappa shape index (κ3) is 6.52. The first-order chi connectivity index (χ1) is 14.0. The van der Waals surface area contributed by atoms with Crippen LogP contribution in [0.25, 0.3) is 0 Å². The van der Waals surface area contributed by atoms with Gasteiger partial charge in [0.2, 0.25) is 11.0 Å². The van der Waals surface area contributed by atoms with Crippen LogP contribution in [0.4, 0.5) is 9.52 Å². The second-order valence-corrected chi connectivity index (χ2v) is 8.43. The van der Waals surface area contributed by atoms with Crippen LogP contribution < -0.4 is 10.6 Å². The first kappa shape index (κ1) is 21.2. The zero-order chi connectivity index (χ0) is 20.6. The number of amides is 2. The Hall–Kier alpha value is -2.49. The molecule has 29 heavy (non-hydrogen) atoms. The normalized spacial score (nSPS) is 10.6. The largest absolute Gasteiger partial charge is 0.351 e. The van der Waals surface area contributed by atoms with E-state index in [0.29, 0.717) is 25.8 Å². The minimum atomic E-state index is -0.334. The third-order valence-electron chi connectivity index (χ3n) is 3.68. The molecule has 0 aliphatic heterocycles. The predicted octanol–water partition coefficient (Wildman–Crippen LogP) is 4.38. The van der Waals surface area contributed by atoms with Crippen LogP contribution >= 0.6 is 34.7 Å². The summed E-state index contributed by atoms with van der Waals surface area (Å²) in [5.74, 6) is -0.270. The standard InChI is InChI=1S/C19H16ClFN4O2S2/c20-15-4-2-1-3-14(15)17(27)22-10-9-16(26)23-18-24-25-19(29-18)28-11-12-5-7-13(21)8-6-12/h1-8H,9-11H2,(H,22,27)(H,23,24,26). The molecule has 0 spiro atoms. The van der Waals surface area contributed by atoms with E-state index in [1.165, 1.54) is 35.2 Å². The smallest absolute Gasteiger partial charge is 0.252 e. The number of hydrogen-bond donors (Lipinski definition) is 2. The average Bonchev–Trinajstić information content (AvgIpc) is 3.15. The van der Waals surface area contributed by atoms with Gasteiger partial charge in [0, 0.05) is 18.7 Å². The summed E-state index contributed by atoms with van der Waals surface area (Å²) in [6.07, 6.45) is 0.0911. The van der Waals surface area contributed by atoms with E-state index < -0.39 is 0 Å². The SMILES string of the molecule is O=C(CCNC(=O)c1ccccc1Cl)Nc1nnc(SCc2ccc(F)cc2)s1. The molecule has 2 N–H and O–H groups in total. The summed E-state index contributed by atoms with van der Waals surface area (Å²) in [5, 5.41) is 14.0. The van der Waals surface area contributed by atoms with Gasteiger partial charge in [-0.05, 0) is 29.8 Å². The molecule has 2 amide bonds. The van der Waals surface area contributed by atoms with Gasteiger partial charge in [-0.1, -0.05) is 59.0 Å². The molecule has 1 heterocycles. The quantitative estimate of drug-likeness (QED) is 0.393. The van der Waals surface area contributed by atoms with Crippen LogP contribution in [0.15, 0.2) is 52.9 Å². The van der Waals surface area contributed by atoms with Gasteiger partial charge in [-0.3, -0.25) is 9.59 Å². The van der Waals surface area contributed by atoms with Crippen molar-refractivity contribution in [1.29, 1.82) is 0 Å². The Morgan fingerprint density at radius 2 is 1.86 bits per heavy atom. The lowest BCUT2D eigenvalue weighted by Gasteiger charge is -2.06. The summed E-state index contributed by atoms with van der Waals surface area (Å²) in [6.45, 7) is 0.168. The molecular weight excluding hydrogens is 435 g/mol. The number of aromatic nitrogens is 2. The van der Waals surface area contributed by atoms with E-state index in [4.69, 9.17) is 11.6 Å². The Bertz CT molecular complexity index is 998. The molecule has 0 saturated carbocycles. The van der Waals surface area contributed by atoms with Crippen LogP contribution in [0.5, 0.6) is 0 Å². The van der Waals surface area contributed by atoms with Crippen molar-refractivity contribution in [3.05, 3.63) is 70.5 Å². The fourth-order valence-corrected chi connectivity index (χ4v) is 4.20. The number of thioether (sulfide) groups is 1. The molecule has 10 heteroatoms. The molecular formula is C19H16ClFN4O2S2. The summed E-state index contributed by atoms with van der Waals surface area (Å²) < 4.78 is 13.6. The lowest BCUT2D eigenvalue weighted by Crippen LogP contribution is -2.27. The number of hydrogen-bond acceptors (Lipinski definition) is 6. The highest BCUT2D eigenvalue weighted by atomic mass is 35.5. The van der Waals surface area contributed by atoms with Gasteiger partial charge in [0.1, 0.15) is 5.82 Å².